The summed E-state index contributed by atoms with van der Waals surface area (Å²) in [5, 5.41) is 11.8. The number of pyridine rings is 1. The zero-order valence-electron chi connectivity index (χ0n) is 19.3. The third-order valence-electron chi connectivity index (χ3n) is 7.10. The van der Waals surface area contributed by atoms with Crippen LogP contribution in [0.25, 0.3) is 0 Å². The largest absolute Gasteiger partial charge is 0.417 e. The molecular formula is C25H26F3N5O2. The maximum Gasteiger partial charge on any atom is 0.417 e. The van der Waals surface area contributed by atoms with Crippen molar-refractivity contribution in [3.63, 3.8) is 0 Å². The van der Waals surface area contributed by atoms with Gasteiger partial charge in [0.25, 0.3) is 5.91 Å². The summed E-state index contributed by atoms with van der Waals surface area (Å²) in [6.07, 6.45) is -0.0641. The molecule has 1 aromatic carbocycles. The molecule has 0 radical (unpaired) electrons. The third kappa shape index (κ3) is 5.09. The molecule has 0 spiro atoms. The number of likely N-dealkylation sites (tertiary alicyclic amines) is 1. The van der Waals surface area contributed by atoms with Crippen molar-refractivity contribution in [1.29, 1.82) is 5.26 Å². The van der Waals surface area contributed by atoms with E-state index in [1.807, 2.05) is 0 Å². The monoisotopic (exact) mass is 485 g/mol. The number of amides is 2. The summed E-state index contributed by atoms with van der Waals surface area (Å²) in [6.45, 7) is 1.84. The van der Waals surface area contributed by atoms with Crippen LogP contribution in [0.3, 0.4) is 0 Å². The van der Waals surface area contributed by atoms with Crippen LogP contribution in [0.5, 0.6) is 0 Å². The van der Waals surface area contributed by atoms with Crippen molar-refractivity contribution in [3.8, 4) is 6.07 Å². The van der Waals surface area contributed by atoms with Gasteiger partial charge in [-0.3, -0.25) is 14.6 Å². The number of aromatic nitrogens is 1. The Balaban J connectivity index is 1.50. The number of carbonyl (C=O) groups is 2. The highest BCUT2D eigenvalue weighted by atomic mass is 19.4. The summed E-state index contributed by atoms with van der Waals surface area (Å²) in [7, 11) is 1.56. The van der Waals surface area contributed by atoms with E-state index >= 15 is 0 Å². The highest BCUT2D eigenvalue weighted by Gasteiger charge is 2.43. The minimum Gasteiger partial charge on any atom is -0.370 e. The second kappa shape index (κ2) is 9.94. The topological polar surface area (TPSA) is 89.3 Å². The van der Waals surface area contributed by atoms with Crippen LogP contribution in [0.2, 0.25) is 0 Å². The maximum absolute atomic E-state index is 13.5. The highest BCUT2D eigenvalue weighted by Crippen LogP contribution is 2.40. The molecule has 2 saturated heterocycles. The number of rotatable bonds is 4. The van der Waals surface area contributed by atoms with E-state index in [0.717, 1.165) is 6.07 Å². The molecule has 0 bridgehead atoms. The first-order chi connectivity index (χ1) is 16.7. The lowest BCUT2D eigenvalue weighted by molar-refractivity contribution is -0.137. The number of halogens is 3. The molecule has 4 rings (SSSR count). The van der Waals surface area contributed by atoms with Crippen LogP contribution in [0.15, 0.2) is 42.7 Å². The third-order valence-corrected chi connectivity index (χ3v) is 7.10. The Hall–Kier alpha value is -3.61. The van der Waals surface area contributed by atoms with Gasteiger partial charge >= 0.3 is 6.18 Å². The average molecular weight is 486 g/mol. The minimum absolute atomic E-state index is 0.0565. The highest BCUT2D eigenvalue weighted by molar-refractivity contribution is 5.94. The fourth-order valence-electron chi connectivity index (χ4n) is 5.25. The van der Waals surface area contributed by atoms with E-state index in [9.17, 15) is 22.8 Å². The molecule has 2 aliphatic heterocycles. The molecule has 3 heterocycles. The molecule has 184 valence electrons. The van der Waals surface area contributed by atoms with Gasteiger partial charge in [0.1, 0.15) is 0 Å². The lowest BCUT2D eigenvalue weighted by Crippen LogP contribution is -2.43. The number of alkyl halides is 3. The van der Waals surface area contributed by atoms with E-state index < -0.39 is 17.3 Å². The van der Waals surface area contributed by atoms with Crippen LogP contribution in [-0.2, 0) is 11.0 Å². The van der Waals surface area contributed by atoms with Gasteiger partial charge in [0.2, 0.25) is 5.91 Å². The van der Waals surface area contributed by atoms with E-state index in [1.54, 1.807) is 47.4 Å². The predicted octanol–water partition coefficient (Wildman–Crippen LogP) is 3.32. The Morgan fingerprint density at radius 3 is 2.40 bits per heavy atom. The van der Waals surface area contributed by atoms with E-state index in [0.29, 0.717) is 50.3 Å². The Bertz CT molecular complexity index is 1120. The maximum atomic E-state index is 13.5. The zero-order chi connectivity index (χ0) is 25.2. The Morgan fingerprint density at radius 2 is 1.80 bits per heavy atom. The quantitative estimate of drug-likeness (QED) is 0.718. The second-order valence-corrected chi connectivity index (χ2v) is 8.99. The molecule has 2 atom stereocenters. The molecule has 7 nitrogen and oxygen atoms in total. The minimum atomic E-state index is -4.64. The SMILES string of the molecule is CNC(=O)[C@@H]1CN(c2ccc(C#N)c(C(F)(F)F)c2)C[C@H]1C1CCN(C(=O)c2ccncc2)CC1. The molecule has 2 aliphatic rings. The van der Waals surface area contributed by atoms with Crippen molar-refractivity contribution in [1.82, 2.24) is 15.2 Å². The lowest BCUT2D eigenvalue weighted by atomic mass is 9.78. The Labute approximate surface area is 201 Å². The van der Waals surface area contributed by atoms with Crippen LogP contribution in [0.1, 0.15) is 34.3 Å². The van der Waals surface area contributed by atoms with Gasteiger partial charge in [-0.2, -0.15) is 18.4 Å². The molecule has 35 heavy (non-hydrogen) atoms. The molecule has 2 amide bonds. The number of hydrogen-bond acceptors (Lipinski definition) is 5. The van der Waals surface area contributed by atoms with Gasteiger partial charge in [0.05, 0.1) is 23.1 Å². The normalized spacial score (nSPS) is 21.0. The van der Waals surface area contributed by atoms with Gasteiger partial charge in [-0.15, -0.1) is 0 Å². The van der Waals surface area contributed by atoms with Crippen molar-refractivity contribution in [3.05, 3.63) is 59.4 Å². The molecule has 10 heteroatoms. The molecule has 1 aromatic heterocycles. The van der Waals surface area contributed by atoms with E-state index in [4.69, 9.17) is 5.26 Å². The lowest BCUT2D eigenvalue weighted by Gasteiger charge is -2.36. The summed E-state index contributed by atoms with van der Waals surface area (Å²) < 4.78 is 40.5. The van der Waals surface area contributed by atoms with Crippen LogP contribution in [0.4, 0.5) is 18.9 Å². The van der Waals surface area contributed by atoms with E-state index in [2.05, 4.69) is 10.3 Å². The summed E-state index contributed by atoms with van der Waals surface area (Å²) in [4.78, 5) is 33.0. The summed E-state index contributed by atoms with van der Waals surface area (Å²) in [5.41, 5.74) is -0.473. The number of nitriles is 1. The Morgan fingerprint density at radius 1 is 1.11 bits per heavy atom. The van der Waals surface area contributed by atoms with Crippen LogP contribution < -0.4 is 10.2 Å². The number of piperidine rings is 1. The van der Waals surface area contributed by atoms with Gasteiger partial charge in [-0.25, -0.2) is 0 Å². The van der Waals surface area contributed by atoms with Gasteiger partial charge in [0.15, 0.2) is 0 Å². The van der Waals surface area contributed by atoms with Gasteiger partial charge < -0.3 is 15.1 Å². The van der Waals surface area contributed by atoms with Crippen molar-refractivity contribution < 1.29 is 22.8 Å². The first-order valence-electron chi connectivity index (χ1n) is 11.5. The van der Waals surface area contributed by atoms with Crippen molar-refractivity contribution in [2.45, 2.75) is 19.0 Å². The smallest absolute Gasteiger partial charge is 0.370 e. The van der Waals surface area contributed by atoms with Crippen LogP contribution >= 0.6 is 0 Å². The Kier molecular flexibility index (Phi) is 6.96. The second-order valence-electron chi connectivity index (χ2n) is 8.99. The standard InChI is InChI=1S/C25H26F3N5O2/c1-30-23(34)21-15-33(19-3-2-18(13-29)22(12-19)25(26,27)28)14-20(21)16-6-10-32(11-7-16)24(35)17-4-8-31-9-5-17/h2-5,8-9,12,16,20-21H,6-7,10-11,14-15H2,1H3,(H,30,34)/t20-,21+/m0/s1. The molecule has 0 aliphatic carbocycles. The van der Waals surface area contributed by atoms with Crippen molar-refractivity contribution in [2.75, 3.05) is 38.1 Å². The fraction of sp³-hybridized carbons (Fsp3) is 0.440. The van der Waals surface area contributed by atoms with Crippen molar-refractivity contribution >= 4 is 17.5 Å². The molecule has 0 unspecified atom stereocenters. The fourth-order valence-corrected chi connectivity index (χ4v) is 5.25. The molecule has 2 aromatic rings. The van der Waals surface area contributed by atoms with Crippen molar-refractivity contribution in [2.24, 2.45) is 17.8 Å². The number of nitrogens with zero attached hydrogens (tertiary/aromatic N) is 4. The number of nitrogens with one attached hydrogen (secondary N) is 1. The summed E-state index contributed by atoms with van der Waals surface area (Å²) in [5.74, 6) is -0.476. The summed E-state index contributed by atoms with van der Waals surface area (Å²) in [6, 6.07) is 8.65. The molecule has 1 N–H and O–H groups in total. The molecular weight excluding hydrogens is 459 g/mol. The summed E-state index contributed by atoms with van der Waals surface area (Å²) >= 11 is 0. The first-order valence-corrected chi connectivity index (χ1v) is 11.5. The van der Waals surface area contributed by atoms with E-state index in [1.165, 1.54) is 12.1 Å². The van der Waals surface area contributed by atoms with Gasteiger partial charge in [-0.1, -0.05) is 0 Å². The first kappa shape index (κ1) is 24.5. The zero-order valence-corrected chi connectivity index (χ0v) is 19.3. The average Bonchev–Trinajstić information content (AvgIpc) is 3.33. The van der Waals surface area contributed by atoms with Gasteiger partial charge in [0, 0.05) is 56.9 Å². The van der Waals surface area contributed by atoms with Crippen LogP contribution in [-0.4, -0.2) is 54.9 Å². The number of anilines is 1. The molecule has 0 saturated carbocycles. The van der Waals surface area contributed by atoms with Crippen LogP contribution in [0, 0.1) is 29.1 Å². The predicted molar refractivity (Wildman–Crippen MR) is 122 cm³/mol. The number of hydrogen-bond donors (Lipinski definition) is 1. The number of carbonyl (C=O) groups excluding carboxylic acids is 2. The van der Waals surface area contributed by atoms with Gasteiger partial charge in [-0.05, 0) is 55.0 Å². The molecule has 2 fully saturated rings. The number of benzene rings is 1. The van der Waals surface area contributed by atoms with E-state index in [-0.39, 0.29) is 29.6 Å².